The smallest absolute Gasteiger partial charge is 0.342 e. The molecule has 0 aromatic heterocycles. The first-order valence-electron chi connectivity index (χ1n) is 6.45. The molecule has 120 valence electrons. The molecule has 0 bridgehead atoms. The molecule has 0 heterocycles. The summed E-state index contributed by atoms with van der Waals surface area (Å²) in [7, 11) is 1.36. The van der Waals surface area contributed by atoms with Gasteiger partial charge in [0.1, 0.15) is 5.56 Å². The fourth-order valence-electron chi connectivity index (χ4n) is 1.81. The van der Waals surface area contributed by atoms with E-state index in [1.54, 1.807) is 0 Å². The van der Waals surface area contributed by atoms with Crippen LogP contribution in [0.3, 0.4) is 0 Å². The normalized spacial score (nSPS) is 10.2. The predicted octanol–water partition coefficient (Wildman–Crippen LogP) is 3.75. The Morgan fingerprint density at radius 2 is 1.87 bits per heavy atom. The lowest BCUT2D eigenvalue weighted by molar-refractivity contribution is 0.0471. The summed E-state index contributed by atoms with van der Waals surface area (Å²) in [6, 6.07) is 8.73. The maximum absolute atomic E-state index is 12.0. The zero-order valence-electron chi connectivity index (χ0n) is 12.0. The molecule has 0 aliphatic carbocycles. The van der Waals surface area contributed by atoms with Crippen LogP contribution in [-0.2, 0) is 4.74 Å². The predicted molar refractivity (Wildman–Crippen MR) is 85.7 cm³/mol. The SMILES string of the molecule is COc1cccc(C(=O)OCC(=O)c2ccc(Cl)c(Cl)c2)c1O. The van der Waals surface area contributed by atoms with E-state index in [1.165, 1.54) is 43.5 Å². The van der Waals surface area contributed by atoms with Gasteiger partial charge in [0.2, 0.25) is 0 Å². The van der Waals surface area contributed by atoms with Crippen LogP contribution >= 0.6 is 23.2 Å². The summed E-state index contributed by atoms with van der Waals surface area (Å²) in [6.45, 7) is -0.493. The van der Waals surface area contributed by atoms with Crippen LogP contribution in [-0.4, -0.2) is 30.6 Å². The molecule has 0 radical (unpaired) electrons. The molecule has 7 heteroatoms. The number of ether oxygens (including phenoxy) is 2. The lowest BCUT2D eigenvalue weighted by atomic mass is 10.1. The van der Waals surface area contributed by atoms with Crippen molar-refractivity contribution in [1.29, 1.82) is 0 Å². The molecular weight excluding hydrogens is 343 g/mol. The largest absolute Gasteiger partial charge is 0.504 e. The molecular formula is C16H12Cl2O5. The number of ketones is 1. The summed E-state index contributed by atoms with van der Waals surface area (Å²) in [5.74, 6) is -1.49. The number of hydrogen-bond acceptors (Lipinski definition) is 5. The number of para-hydroxylation sites is 1. The van der Waals surface area contributed by atoms with Gasteiger partial charge in [0, 0.05) is 5.56 Å². The second-order valence-corrected chi connectivity index (χ2v) is 5.30. The van der Waals surface area contributed by atoms with E-state index in [1.807, 2.05) is 0 Å². The van der Waals surface area contributed by atoms with Gasteiger partial charge in [-0.05, 0) is 30.3 Å². The number of Topliss-reactive ketones (excluding diaryl/α,β-unsaturated/α-hetero) is 1. The van der Waals surface area contributed by atoms with Crippen LogP contribution in [0.1, 0.15) is 20.7 Å². The topological polar surface area (TPSA) is 72.8 Å². The molecule has 2 aromatic rings. The van der Waals surface area contributed by atoms with Crippen molar-refractivity contribution in [3.63, 3.8) is 0 Å². The van der Waals surface area contributed by atoms with Gasteiger partial charge in [-0.1, -0.05) is 29.3 Å². The number of phenols is 1. The molecule has 2 aromatic carbocycles. The quantitative estimate of drug-likeness (QED) is 0.653. The molecule has 0 aliphatic heterocycles. The second-order valence-electron chi connectivity index (χ2n) is 4.48. The minimum Gasteiger partial charge on any atom is -0.504 e. The third-order valence-electron chi connectivity index (χ3n) is 3.01. The molecule has 2 rings (SSSR count). The highest BCUT2D eigenvalue weighted by Crippen LogP contribution is 2.29. The van der Waals surface area contributed by atoms with E-state index >= 15 is 0 Å². The molecule has 23 heavy (non-hydrogen) atoms. The molecule has 0 amide bonds. The zero-order valence-corrected chi connectivity index (χ0v) is 13.5. The van der Waals surface area contributed by atoms with E-state index in [0.29, 0.717) is 5.02 Å². The second kappa shape index (κ2) is 7.35. The van der Waals surface area contributed by atoms with E-state index in [9.17, 15) is 14.7 Å². The summed E-state index contributed by atoms with van der Waals surface area (Å²) in [6.07, 6.45) is 0. The summed E-state index contributed by atoms with van der Waals surface area (Å²) in [4.78, 5) is 23.9. The van der Waals surface area contributed by atoms with E-state index in [2.05, 4.69) is 0 Å². The first kappa shape index (κ1) is 17.1. The van der Waals surface area contributed by atoms with Crippen molar-refractivity contribution in [3.05, 3.63) is 57.6 Å². The molecule has 0 aliphatic rings. The third-order valence-corrected chi connectivity index (χ3v) is 3.75. The molecule has 0 fully saturated rings. The standard InChI is InChI=1S/C16H12Cl2O5/c1-22-14-4-2-3-10(15(14)20)16(21)23-8-13(19)9-5-6-11(17)12(18)7-9/h2-7,20H,8H2,1H3. The number of phenolic OH excluding ortho intramolecular Hbond substituents is 1. The van der Waals surface area contributed by atoms with Gasteiger partial charge >= 0.3 is 5.97 Å². The van der Waals surface area contributed by atoms with E-state index in [-0.39, 0.29) is 27.6 Å². The first-order chi connectivity index (χ1) is 10.9. The van der Waals surface area contributed by atoms with Crippen LogP contribution in [0.4, 0.5) is 0 Å². The number of hydrogen-bond donors (Lipinski definition) is 1. The molecule has 1 N–H and O–H groups in total. The Bertz CT molecular complexity index is 758. The summed E-state index contributed by atoms with van der Waals surface area (Å²) >= 11 is 11.6. The van der Waals surface area contributed by atoms with Gasteiger partial charge in [0.05, 0.1) is 17.2 Å². The lowest BCUT2D eigenvalue weighted by Crippen LogP contribution is -2.14. The minimum absolute atomic E-state index is 0.0914. The monoisotopic (exact) mass is 354 g/mol. The third kappa shape index (κ3) is 3.94. The van der Waals surface area contributed by atoms with E-state index < -0.39 is 18.4 Å². The number of benzene rings is 2. The van der Waals surface area contributed by atoms with Crippen LogP contribution in [0.2, 0.25) is 10.0 Å². The van der Waals surface area contributed by atoms with Crippen molar-refractivity contribution in [2.45, 2.75) is 0 Å². The Balaban J connectivity index is 2.07. The average molecular weight is 355 g/mol. The molecule has 0 atom stereocenters. The zero-order chi connectivity index (χ0) is 17.0. The number of carbonyl (C=O) groups excluding carboxylic acids is 2. The van der Waals surface area contributed by atoms with E-state index in [0.717, 1.165) is 0 Å². The molecule has 0 unspecified atom stereocenters. The van der Waals surface area contributed by atoms with Crippen LogP contribution < -0.4 is 4.74 Å². The highest BCUT2D eigenvalue weighted by molar-refractivity contribution is 6.42. The van der Waals surface area contributed by atoms with Gasteiger partial charge in [-0.25, -0.2) is 4.79 Å². The Morgan fingerprint density at radius 1 is 1.13 bits per heavy atom. The highest BCUT2D eigenvalue weighted by atomic mass is 35.5. The van der Waals surface area contributed by atoms with Gasteiger partial charge in [-0.2, -0.15) is 0 Å². The number of methoxy groups -OCH3 is 1. The van der Waals surface area contributed by atoms with Gasteiger partial charge in [0.15, 0.2) is 23.9 Å². The Kier molecular flexibility index (Phi) is 5.47. The number of esters is 1. The van der Waals surface area contributed by atoms with Gasteiger partial charge < -0.3 is 14.6 Å². The maximum atomic E-state index is 12.0. The van der Waals surface area contributed by atoms with Gasteiger partial charge in [-0.15, -0.1) is 0 Å². The summed E-state index contributed by atoms with van der Waals surface area (Å²) in [5, 5.41) is 10.4. The fraction of sp³-hybridized carbons (Fsp3) is 0.125. The van der Waals surface area contributed by atoms with Crippen molar-refractivity contribution < 1.29 is 24.2 Å². The molecule has 0 saturated heterocycles. The Hall–Kier alpha value is -2.24. The number of aromatic hydroxyl groups is 1. The van der Waals surface area contributed by atoms with Gasteiger partial charge in [0.25, 0.3) is 0 Å². The van der Waals surface area contributed by atoms with Crippen molar-refractivity contribution in [3.8, 4) is 11.5 Å². The highest BCUT2D eigenvalue weighted by Gasteiger charge is 2.18. The van der Waals surface area contributed by atoms with E-state index in [4.69, 9.17) is 32.7 Å². The maximum Gasteiger partial charge on any atom is 0.342 e. The van der Waals surface area contributed by atoms with Crippen LogP contribution in [0.25, 0.3) is 0 Å². The molecule has 5 nitrogen and oxygen atoms in total. The summed E-state index contributed by atoms with van der Waals surface area (Å²) < 4.78 is 9.82. The van der Waals surface area contributed by atoms with Crippen LogP contribution in [0, 0.1) is 0 Å². The Morgan fingerprint density at radius 3 is 2.52 bits per heavy atom. The number of halogens is 2. The minimum atomic E-state index is -0.838. The summed E-state index contributed by atoms with van der Waals surface area (Å²) in [5.41, 5.74) is 0.174. The van der Waals surface area contributed by atoms with Gasteiger partial charge in [-0.3, -0.25) is 4.79 Å². The van der Waals surface area contributed by atoms with Crippen molar-refractivity contribution in [2.75, 3.05) is 13.7 Å². The van der Waals surface area contributed by atoms with Crippen molar-refractivity contribution in [1.82, 2.24) is 0 Å². The average Bonchev–Trinajstić information content (AvgIpc) is 2.55. The number of carbonyl (C=O) groups is 2. The fourth-order valence-corrected chi connectivity index (χ4v) is 2.11. The van der Waals surface area contributed by atoms with Crippen LogP contribution in [0.5, 0.6) is 11.5 Å². The molecule has 0 spiro atoms. The first-order valence-corrected chi connectivity index (χ1v) is 7.21. The van der Waals surface area contributed by atoms with Crippen LogP contribution in [0.15, 0.2) is 36.4 Å². The molecule has 0 saturated carbocycles. The Labute approximate surface area is 142 Å². The lowest BCUT2D eigenvalue weighted by Gasteiger charge is -2.09. The van der Waals surface area contributed by atoms with Crippen molar-refractivity contribution in [2.24, 2.45) is 0 Å². The number of rotatable bonds is 5. The van der Waals surface area contributed by atoms with Crippen molar-refractivity contribution >= 4 is 35.0 Å².